The Morgan fingerprint density at radius 3 is 2.08 bits per heavy atom. The molecule has 3 saturated heterocycles. The van der Waals surface area contributed by atoms with E-state index in [9.17, 15) is 14.4 Å². The first-order chi connectivity index (χ1) is 28.7. The number of carbonyl (C=O) groups excluding carboxylic acids is 3. The molecule has 2 aromatic heterocycles. The predicted molar refractivity (Wildman–Crippen MR) is 228 cm³/mol. The maximum Gasteiger partial charge on any atom is 0.407 e. The van der Waals surface area contributed by atoms with Crippen molar-refractivity contribution >= 4 is 39.7 Å². The molecular formula is C47H52N8O4. The number of ether oxygens (including phenoxy) is 1. The summed E-state index contributed by atoms with van der Waals surface area (Å²) in [6.45, 7) is 7.06. The largest absolute Gasteiger partial charge is 0.453 e. The van der Waals surface area contributed by atoms with Gasteiger partial charge in [-0.1, -0.05) is 74.5 Å². The molecule has 12 nitrogen and oxygen atoms in total. The van der Waals surface area contributed by atoms with Crippen LogP contribution in [-0.2, 0) is 14.3 Å². The molecule has 3 fully saturated rings. The van der Waals surface area contributed by atoms with Crippen molar-refractivity contribution in [3.05, 3.63) is 108 Å². The number of rotatable bonds is 10. The first-order valence-electron chi connectivity index (χ1n) is 21.1. The fraction of sp³-hybridized carbons (Fsp3) is 0.383. The van der Waals surface area contributed by atoms with E-state index in [1.807, 2.05) is 49.2 Å². The normalized spacial score (nSPS) is 19.5. The number of methoxy groups -OCH3 is 1. The van der Waals surface area contributed by atoms with Gasteiger partial charge in [0.25, 0.3) is 0 Å². The molecule has 0 aliphatic carbocycles. The summed E-state index contributed by atoms with van der Waals surface area (Å²) in [6.07, 6.45) is 7.03. The van der Waals surface area contributed by atoms with E-state index in [4.69, 9.17) is 14.7 Å². The number of fused-ring (bicyclic) bond motifs is 2. The molecule has 0 unspecified atom stereocenters. The maximum absolute atomic E-state index is 14.3. The summed E-state index contributed by atoms with van der Waals surface area (Å²) in [5, 5.41) is 4.96. The van der Waals surface area contributed by atoms with Gasteiger partial charge in [-0.2, -0.15) is 0 Å². The highest BCUT2D eigenvalue weighted by Gasteiger charge is 2.40. The number of hydrogen-bond acceptors (Lipinski definition) is 7. The molecule has 0 radical (unpaired) electrons. The Bertz CT molecular complexity index is 2490. The van der Waals surface area contributed by atoms with E-state index in [1.54, 1.807) is 0 Å². The van der Waals surface area contributed by atoms with Gasteiger partial charge in [-0.3, -0.25) is 14.5 Å². The van der Waals surface area contributed by atoms with Crippen LogP contribution in [0.5, 0.6) is 0 Å². The molecule has 3 N–H and O–H groups in total. The highest BCUT2D eigenvalue weighted by atomic mass is 16.5. The molecule has 304 valence electrons. The number of amides is 3. The third kappa shape index (κ3) is 7.57. The first-order valence-corrected chi connectivity index (χ1v) is 21.1. The minimum absolute atomic E-state index is 0.0801. The summed E-state index contributed by atoms with van der Waals surface area (Å²) in [5.41, 5.74) is 6.95. The number of nitrogens with zero attached hydrogens (tertiary/aromatic N) is 5. The monoisotopic (exact) mass is 792 g/mol. The Morgan fingerprint density at radius 2 is 1.37 bits per heavy atom. The molecule has 9 rings (SSSR count). The second kappa shape index (κ2) is 16.3. The van der Waals surface area contributed by atoms with Crippen molar-refractivity contribution in [1.82, 2.24) is 40.0 Å². The summed E-state index contributed by atoms with van der Waals surface area (Å²) in [4.78, 5) is 63.1. The Kier molecular flexibility index (Phi) is 10.7. The van der Waals surface area contributed by atoms with Gasteiger partial charge in [-0.05, 0) is 109 Å². The van der Waals surface area contributed by atoms with Crippen LogP contribution < -0.4 is 5.32 Å². The summed E-state index contributed by atoms with van der Waals surface area (Å²) in [6, 6.07) is 28.2. The number of likely N-dealkylation sites (tertiary alicyclic amines) is 3. The van der Waals surface area contributed by atoms with E-state index < -0.39 is 12.1 Å². The number of aromatic nitrogens is 4. The molecule has 0 bridgehead atoms. The van der Waals surface area contributed by atoms with Crippen LogP contribution >= 0.6 is 0 Å². The lowest BCUT2D eigenvalue weighted by Gasteiger charge is -2.33. The molecule has 6 aromatic rings. The highest BCUT2D eigenvalue weighted by molar-refractivity contribution is 5.92. The van der Waals surface area contributed by atoms with Crippen molar-refractivity contribution in [3.8, 4) is 22.4 Å². The van der Waals surface area contributed by atoms with Crippen LogP contribution in [0.1, 0.15) is 87.7 Å². The molecule has 3 aliphatic heterocycles. The third-order valence-electron chi connectivity index (χ3n) is 12.5. The van der Waals surface area contributed by atoms with Crippen molar-refractivity contribution in [1.29, 1.82) is 0 Å². The van der Waals surface area contributed by atoms with Gasteiger partial charge >= 0.3 is 6.09 Å². The van der Waals surface area contributed by atoms with Crippen molar-refractivity contribution < 1.29 is 19.1 Å². The fourth-order valence-electron chi connectivity index (χ4n) is 9.42. The molecule has 3 aliphatic rings. The molecular weight excluding hydrogens is 741 g/mol. The lowest BCUT2D eigenvalue weighted by molar-refractivity contribution is -0.138. The Hall–Kier alpha value is -6.01. The zero-order chi connectivity index (χ0) is 40.6. The average Bonchev–Trinajstić information content (AvgIpc) is 4.11. The topological polar surface area (TPSA) is 140 Å². The lowest BCUT2D eigenvalue weighted by Crippen LogP contribution is -2.51. The third-order valence-corrected chi connectivity index (χ3v) is 12.5. The molecule has 0 saturated carbocycles. The second-order valence-electron chi connectivity index (χ2n) is 16.6. The van der Waals surface area contributed by atoms with E-state index in [0.717, 1.165) is 120 Å². The molecule has 12 heteroatoms. The van der Waals surface area contributed by atoms with Gasteiger partial charge in [-0.25, -0.2) is 14.8 Å². The van der Waals surface area contributed by atoms with Gasteiger partial charge in [0.2, 0.25) is 11.8 Å². The average molecular weight is 793 g/mol. The Morgan fingerprint density at radius 1 is 0.729 bits per heavy atom. The maximum atomic E-state index is 14.3. The van der Waals surface area contributed by atoms with Crippen LogP contribution in [-0.4, -0.2) is 91.9 Å². The van der Waals surface area contributed by atoms with Crippen molar-refractivity contribution in [2.24, 2.45) is 5.92 Å². The van der Waals surface area contributed by atoms with Crippen LogP contribution in [0.15, 0.2) is 91.1 Å². The van der Waals surface area contributed by atoms with Crippen LogP contribution in [0.3, 0.4) is 0 Å². The molecule has 4 atom stereocenters. The van der Waals surface area contributed by atoms with Crippen LogP contribution in [0.4, 0.5) is 4.79 Å². The number of benzene rings is 4. The van der Waals surface area contributed by atoms with Gasteiger partial charge in [0.1, 0.15) is 23.7 Å². The SMILES string of the molecule is COC(=O)N[C@H](C(=O)N1CCC[C@H]1c1nc2ccc(-c3ccc4cc(-c5cnc([C@@H]6CCCN6C(=O)[C@@H](c6ccccc6)N6CCCC6)[nH]5)ccc4c3)cc2[nH]1)C(C)C. The number of H-pyrrole nitrogens is 2. The van der Waals surface area contributed by atoms with Crippen molar-refractivity contribution in [2.75, 3.05) is 33.3 Å². The number of hydrogen-bond donors (Lipinski definition) is 3. The summed E-state index contributed by atoms with van der Waals surface area (Å²) < 4.78 is 4.79. The van der Waals surface area contributed by atoms with Gasteiger partial charge in [-0.15, -0.1) is 0 Å². The zero-order valence-corrected chi connectivity index (χ0v) is 34.0. The molecule has 4 aromatic carbocycles. The lowest BCUT2D eigenvalue weighted by atomic mass is 9.99. The zero-order valence-electron chi connectivity index (χ0n) is 34.0. The van der Waals surface area contributed by atoms with Crippen LogP contribution in [0.25, 0.3) is 44.2 Å². The fourth-order valence-corrected chi connectivity index (χ4v) is 9.42. The highest BCUT2D eigenvalue weighted by Crippen LogP contribution is 2.38. The van der Waals surface area contributed by atoms with E-state index in [2.05, 4.69) is 85.7 Å². The summed E-state index contributed by atoms with van der Waals surface area (Å²) >= 11 is 0. The van der Waals surface area contributed by atoms with Crippen molar-refractivity contribution in [3.63, 3.8) is 0 Å². The molecule has 5 heterocycles. The van der Waals surface area contributed by atoms with E-state index >= 15 is 0 Å². The predicted octanol–water partition coefficient (Wildman–Crippen LogP) is 8.32. The van der Waals surface area contributed by atoms with Gasteiger partial charge < -0.3 is 29.8 Å². The smallest absolute Gasteiger partial charge is 0.407 e. The first kappa shape index (κ1) is 38.5. The molecule has 0 spiro atoms. The van der Waals surface area contributed by atoms with E-state index in [0.29, 0.717) is 6.54 Å². The molecule has 3 amide bonds. The van der Waals surface area contributed by atoms with Gasteiger partial charge in [0.15, 0.2) is 0 Å². The number of nitrogens with one attached hydrogen (secondary N) is 3. The van der Waals surface area contributed by atoms with E-state index in [-0.39, 0.29) is 35.9 Å². The Balaban J connectivity index is 0.914. The van der Waals surface area contributed by atoms with Gasteiger partial charge in [0, 0.05) is 18.7 Å². The summed E-state index contributed by atoms with van der Waals surface area (Å²) in [7, 11) is 1.30. The standard InChI is InChI=1S/C47H52N8O4/c1-29(2)41(52-47(58)59-3)45(56)54-23-10-14-40(54)44-49-36-20-19-34(27-37(36)50-44)32-15-16-33-26-35(18-17-31(33)25-32)38-28-48-43(51-38)39-13-9-24-55(39)46(57)42(53-21-7-8-22-53)30-11-5-4-6-12-30/h4-6,11-12,15-20,25-29,39-42H,7-10,13-14,21-24H2,1-3H3,(H,48,51)(H,49,50)(H,52,58)/t39-,40-,41-,42+/m0/s1. The second-order valence-corrected chi connectivity index (χ2v) is 16.6. The number of alkyl carbamates (subject to hydrolysis) is 1. The van der Waals surface area contributed by atoms with Crippen LogP contribution in [0.2, 0.25) is 0 Å². The van der Waals surface area contributed by atoms with E-state index in [1.165, 1.54) is 7.11 Å². The summed E-state index contributed by atoms with van der Waals surface area (Å²) in [5.74, 6) is 1.54. The molecule has 59 heavy (non-hydrogen) atoms. The number of aromatic amines is 2. The Labute approximate surface area is 344 Å². The number of imidazole rings is 2. The van der Waals surface area contributed by atoms with Crippen molar-refractivity contribution in [2.45, 2.75) is 76.5 Å². The quantitative estimate of drug-likeness (QED) is 0.127. The minimum Gasteiger partial charge on any atom is -0.453 e. The van der Waals surface area contributed by atoms with Crippen LogP contribution in [0, 0.1) is 5.92 Å². The van der Waals surface area contributed by atoms with Gasteiger partial charge in [0.05, 0.1) is 42.1 Å². The number of carbonyl (C=O) groups is 3. The minimum atomic E-state index is -0.682.